The maximum absolute atomic E-state index is 12.7. The van der Waals surface area contributed by atoms with Crippen molar-refractivity contribution in [1.82, 2.24) is 4.98 Å². The Balaban J connectivity index is 2.13. The number of ketones is 1. The van der Waals surface area contributed by atoms with Gasteiger partial charge in [-0.2, -0.15) is 0 Å². The van der Waals surface area contributed by atoms with Gasteiger partial charge in [0.2, 0.25) is 0 Å². The van der Waals surface area contributed by atoms with Crippen molar-refractivity contribution in [2.24, 2.45) is 0 Å². The predicted octanol–water partition coefficient (Wildman–Crippen LogP) is 3.57. The highest BCUT2D eigenvalue weighted by Gasteiger charge is 2.02. The summed E-state index contributed by atoms with van der Waals surface area (Å²) in [5, 5.41) is 0. The molecule has 1 aromatic heterocycles. The second-order valence-corrected chi connectivity index (χ2v) is 4.64. The highest BCUT2D eigenvalue weighted by atomic mass is 32.2. The average Bonchev–Trinajstić information content (AvgIpc) is 2.33. The van der Waals surface area contributed by atoms with Gasteiger partial charge in [-0.1, -0.05) is 11.8 Å². The molecule has 2 nitrogen and oxygen atoms in total. The first-order valence-corrected chi connectivity index (χ1v) is 5.87. The molecule has 0 aliphatic carbocycles. The number of rotatable bonds is 3. The summed E-state index contributed by atoms with van der Waals surface area (Å²) in [4.78, 5) is 16.9. The van der Waals surface area contributed by atoms with Gasteiger partial charge in [-0.15, -0.1) is 0 Å². The molecule has 0 aliphatic heterocycles. The summed E-state index contributed by atoms with van der Waals surface area (Å²) < 4.78 is 12.7. The van der Waals surface area contributed by atoms with Crippen LogP contribution in [-0.4, -0.2) is 10.8 Å². The van der Waals surface area contributed by atoms with Crippen LogP contribution in [0.1, 0.15) is 17.4 Å². The second-order valence-electron chi connectivity index (χ2n) is 3.49. The minimum absolute atomic E-state index is 0.0525. The van der Waals surface area contributed by atoms with E-state index in [0.717, 1.165) is 9.79 Å². The SMILES string of the molecule is CC(=O)c1ccc(Sc2ccc(F)cc2)cn1. The van der Waals surface area contributed by atoms with Crippen molar-refractivity contribution < 1.29 is 9.18 Å². The van der Waals surface area contributed by atoms with Crippen molar-refractivity contribution in [3.8, 4) is 0 Å². The zero-order valence-corrected chi connectivity index (χ0v) is 10.00. The standard InChI is InChI=1S/C13H10FNOS/c1-9(16)13-7-6-12(8-15-13)17-11-4-2-10(14)3-5-11/h2-8H,1H3. The Kier molecular flexibility index (Phi) is 3.54. The number of carbonyl (C=O) groups is 1. The summed E-state index contributed by atoms with van der Waals surface area (Å²) in [6.45, 7) is 1.48. The summed E-state index contributed by atoms with van der Waals surface area (Å²) in [6.07, 6.45) is 1.64. The lowest BCUT2D eigenvalue weighted by Gasteiger charge is -2.01. The van der Waals surface area contributed by atoms with E-state index in [1.165, 1.54) is 30.8 Å². The summed E-state index contributed by atoms with van der Waals surface area (Å²) >= 11 is 1.48. The van der Waals surface area contributed by atoms with Crippen LogP contribution in [0.25, 0.3) is 0 Å². The molecule has 86 valence electrons. The van der Waals surface area contributed by atoms with Crippen LogP contribution in [0.4, 0.5) is 4.39 Å². The molecule has 0 saturated carbocycles. The first-order valence-electron chi connectivity index (χ1n) is 5.05. The fraction of sp³-hybridized carbons (Fsp3) is 0.0769. The third-order valence-electron chi connectivity index (χ3n) is 2.15. The van der Waals surface area contributed by atoms with Crippen LogP contribution in [0.5, 0.6) is 0 Å². The van der Waals surface area contributed by atoms with E-state index < -0.39 is 0 Å². The van der Waals surface area contributed by atoms with Gasteiger partial charge in [0.15, 0.2) is 5.78 Å². The molecule has 0 atom stereocenters. The Labute approximate surface area is 103 Å². The number of nitrogens with zero attached hydrogens (tertiary/aromatic N) is 1. The van der Waals surface area contributed by atoms with Crippen molar-refractivity contribution in [1.29, 1.82) is 0 Å². The molecule has 2 aromatic rings. The molecule has 0 aliphatic rings. The number of aromatic nitrogens is 1. The Morgan fingerprint density at radius 1 is 1.12 bits per heavy atom. The van der Waals surface area contributed by atoms with Gasteiger partial charge in [0.1, 0.15) is 11.5 Å². The molecule has 1 heterocycles. The summed E-state index contributed by atoms with van der Waals surface area (Å²) in [5.41, 5.74) is 0.452. The zero-order valence-electron chi connectivity index (χ0n) is 9.18. The molecule has 0 N–H and O–H groups in total. The van der Waals surface area contributed by atoms with Crippen LogP contribution >= 0.6 is 11.8 Å². The first kappa shape index (κ1) is 11.8. The molecular weight excluding hydrogens is 237 g/mol. The van der Waals surface area contributed by atoms with Gasteiger partial charge in [0.05, 0.1) is 0 Å². The molecule has 17 heavy (non-hydrogen) atoms. The van der Waals surface area contributed by atoms with Gasteiger partial charge < -0.3 is 0 Å². The lowest BCUT2D eigenvalue weighted by atomic mass is 10.3. The van der Waals surface area contributed by atoms with Crippen LogP contribution in [0.3, 0.4) is 0 Å². The van der Waals surface area contributed by atoms with E-state index in [2.05, 4.69) is 4.98 Å². The second kappa shape index (κ2) is 5.10. The number of benzene rings is 1. The van der Waals surface area contributed by atoms with E-state index >= 15 is 0 Å². The molecule has 0 saturated heterocycles. The molecule has 0 fully saturated rings. The average molecular weight is 247 g/mol. The molecule has 0 unspecified atom stereocenters. The summed E-state index contributed by atoms with van der Waals surface area (Å²) in [6, 6.07) is 9.77. The number of hydrogen-bond acceptors (Lipinski definition) is 3. The smallest absolute Gasteiger partial charge is 0.178 e. The van der Waals surface area contributed by atoms with E-state index in [0.29, 0.717) is 5.69 Å². The topological polar surface area (TPSA) is 30.0 Å². The number of Topliss-reactive ketones (excluding diaryl/α,β-unsaturated/α-hetero) is 1. The van der Waals surface area contributed by atoms with Crippen LogP contribution in [-0.2, 0) is 0 Å². The highest BCUT2D eigenvalue weighted by Crippen LogP contribution is 2.26. The molecule has 1 aromatic carbocycles. The van der Waals surface area contributed by atoms with E-state index in [4.69, 9.17) is 0 Å². The Hall–Kier alpha value is -1.68. The first-order chi connectivity index (χ1) is 8.15. The quantitative estimate of drug-likeness (QED) is 0.776. The molecule has 4 heteroatoms. The van der Waals surface area contributed by atoms with Crippen molar-refractivity contribution >= 4 is 17.5 Å². The normalized spacial score (nSPS) is 10.2. The fourth-order valence-corrected chi connectivity index (χ4v) is 2.07. The lowest BCUT2D eigenvalue weighted by molar-refractivity contribution is 0.101. The van der Waals surface area contributed by atoms with Crippen molar-refractivity contribution in [3.63, 3.8) is 0 Å². The van der Waals surface area contributed by atoms with Crippen molar-refractivity contribution in [3.05, 3.63) is 54.1 Å². The largest absolute Gasteiger partial charge is 0.293 e. The highest BCUT2D eigenvalue weighted by molar-refractivity contribution is 7.99. The van der Waals surface area contributed by atoms with E-state index in [1.54, 1.807) is 24.4 Å². The molecule has 0 bridgehead atoms. The number of hydrogen-bond donors (Lipinski definition) is 0. The van der Waals surface area contributed by atoms with E-state index in [1.807, 2.05) is 6.07 Å². The predicted molar refractivity (Wildman–Crippen MR) is 64.8 cm³/mol. The number of halogens is 1. The summed E-state index contributed by atoms with van der Waals surface area (Å²) in [5.74, 6) is -0.303. The third-order valence-corrected chi connectivity index (χ3v) is 3.13. The Morgan fingerprint density at radius 2 is 1.76 bits per heavy atom. The molecule has 0 radical (unpaired) electrons. The van der Waals surface area contributed by atoms with Crippen LogP contribution in [0.15, 0.2) is 52.4 Å². The minimum Gasteiger partial charge on any atom is -0.293 e. The van der Waals surface area contributed by atoms with Gasteiger partial charge in [-0.3, -0.25) is 9.78 Å². The van der Waals surface area contributed by atoms with Crippen molar-refractivity contribution in [2.45, 2.75) is 16.7 Å². The third kappa shape index (κ3) is 3.14. The Morgan fingerprint density at radius 3 is 2.29 bits per heavy atom. The maximum atomic E-state index is 12.7. The van der Waals surface area contributed by atoms with Gasteiger partial charge in [-0.25, -0.2) is 4.39 Å². The van der Waals surface area contributed by atoms with E-state index in [9.17, 15) is 9.18 Å². The zero-order chi connectivity index (χ0) is 12.3. The maximum Gasteiger partial charge on any atom is 0.178 e. The van der Waals surface area contributed by atoms with Crippen LogP contribution < -0.4 is 0 Å². The van der Waals surface area contributed by atoms with Gasteiger partial charge in [0, 0.05) is 22.9 Å². The number of pyridine rings is 1. The minimum atomic E-state index is -0.251. The van der Waals surface area contributed by atoms with Crippen LogP contribution in [0, 0.1) is 5.82 Å². The van der Waals surface area contributed by atoms with Crippen LogP contribution in [0.2, 0.25) is 0 Å². The molecular formula is C13H10FNOS. The monoisotopic (exact) mass is 247 g/mol. The van der Waals surface area contributed by atoms with E-state index in [-0.39, 0.29) is 11.6 Å². The van der Waals surface area contributed by atoms with Gasteiger partial charge in [-0.05, 0) is 36.4 Å². The fourth-order valence-electron chi connectivity index (χ4n) is 1.29. The Bertz CT molecular complexity index is 522. The molecule has 0 amide bonds. The van der Waals surface area contributed by atoms with Crippen molar-refractivity contribution in [2.75, 3.05) is 0 Å². The molecule has 0 spiro atoms. The van der Waals surface area contributed by atoms with Gasteiger partial charge >= 0.3 is 0 Å². The molecule has 2 rings (SSSR count). The lowest BCUT2D eigenvalue weighted by Crippen LogP contribution is -1.95. The number of carbonyl (C=O) groups excluding carboxylic acids is 1. The summed E-state index contributed by atoms with van der Waals surface area (Å²) in [7, 11) is 0. The van der Waals surface area contributed by atoms with Gasteiger partial charge in [0.25, 0.3) is 0 Å².